The van der Waals surface area contributed by atoms with Crippen LogP contribution in [0.5, 0.6) is 5.75 Å². The lowest BCUT2D eigenvalue weighted by atomic mass is 10.1. The second-order valence-electron chi connectivity index (χ2n) is 4.07. The fraction of sp³-hybridized carbons (Fsp3) is 0.500. The van der Waals surface area contributed by atoms with Crippen LogP contribution in [0.2, 0.25) is 0 Å². The van der Waals surface area contributed by atoms with E-state index in [9.17, 15) is 0 Å². The minimum absolute atomic E-state index is 0.0480. The molecular weight excluding hydrogens is 190 g/mol. The monoisotopic (exact) mass is 209 g/mol. The third-order valence-corrected chi connectivity index (χ3v) is 2.07. The molecule has 1 aromatic carbocycles. The molecule has 1 aromatic rings. The van der Waals surface area contributed by atoms with Crippen LogP contribution >= 0.6 is 0 Å². The van der Waals surface area contributed by atoms with Crippen LogP contribution in [0, 0.1) is 5.92 Å². The summed E-state index contributed by atoms with van der Waals surface area (Å²) >= 11 is 0. The number of hydrogen-bond acceptors (Lipinski definition) is 3. The molecule has 3 heteroatoms. The van der Waals surface area contributed by atoms with Crippen LogP contribution in [-0.2, 0) is 0 Å². The lowest BCUT2D eigenvalue weighted by molar-refractivity contribution is 0.263. The molecule has 0 amide bonds. The highest BCUT2D eigenvalue weighted by atomic mass is 16.5. The zero-order chi connectivity index (χ0) is 11.3. The van der Waals surface area contributed by atoms with Gasteiger partial charge in [-0.05, 0) is 23.6 Å². The lowest BCUT2D eigenvalue weighted by Gasteiger charge is -2.12. The van der Waals surface area contributed by atoms with Crippen molar-refractivity contribution >= 4 is 0 Å². The van der Waals surface area contributed by atoms with Crippen LogP contribution in [-0.4, -0.2) is 18.3 Å². The Labute approximate surface area is 90.9 Å². The minimum Gasteiger partial charge on any atom is -0.493 e. The molecule has 0 bridgehead atoms. The van der Waals surface area contributed by atoms with Crippen molar-refractivity contribution in [1.82, 2.24) is 0 Å². The standard InChI is InChI=1S/C12H19NO2/c1-9(2)8-15-11-5-3-4-10(6-11)12(13)7-14/h3-6,9,12,14H,7-8,13H2,1-2H3/t12-/m1/s1. The van der Waals surface area contributed by atoms with E-state index in [-0.39, 0.29) is 12.6 Å². The molecule has 0 radical (unpaired) electrons. The van der Waals surface area contributed by atoms with E-state index in [0.717, 1.165) is 11.3 Å². The predicted molar refractivity (Wildman–Crippen MR) is 60.8 cm³/mol. The van der Waals surface area contributed by atoms with Crippen molar-refractivity contribution in [3.05, 3.63) is 29.8 Å². The number of aliphatic hydroxyl groups excluding tert-OH is 1. The van der Waals surface area contributed by atoms with Crippen molar-refractivity contribution < 1.29 is 9.84 Å². The zero-order valence-electron chi connectivity index (χ0n) is 9.31. The van der Waals surface area contributed by atoms with E-state index in [1.165, 1.54) is 0 Å². The Kier molecular flexibility index (Phi) is 4.59. The third kappa shape index (κ3) is 3.90. The molecule has 15 heavy (non-hydrogen) atoms. The van der Waals surface area contributed by atoms with Gasteiger partial charge in [0.2, 0.25) is 0 Å². The zero-order valence-corrected chi connectivity index (χ0v) is 9.31. The molecule has 3 nitrogen and oxygen atoms in total. The maximum Gasteiger partial charge on any atom is 0.119 e. The Bertz CT molecular complexity index is 299. The van der Waals surface area contributed by atoms with Crippen LogP contribution in [0.25, 0.3) is 0 Å². The number of hydrogen-bond donors (Lipinski definition) is 2. The quantitative estimate of drug-likeness (QED) is 0.776. The average molecular weight is 209 g/mol. The average Bonchev–Trinajstić information content (AvgIpc) is 2.25. The first-order valence-corrected chi connectivity index (χ1v) is 5.22. The van der Waals surface area contributed by atoms with E-state index in [1.807, 2.05) is 24.3 Å². The van der Waals surface area contributed by atoms with Crippen LogP contribution in [0.3, 0.4) is 0 Å². The van der Waals surface area contributed by atoms with E-state index >= 15 is 0 Å². The van der Waals surface area contributed by atoms with Gasteiger partial charge < -0.3 is 15.6 Å². The first-order chi connectivity index (χ1) is 7.13. The van der Waals surface area contributed by atoms with Crippen molar-refractivity contribution in [3.8, 4) is 5.75 Å². The van der Waals surface area contributed by atoms with Gasteiger partial charge in [0.25, 0.3) is 0 Å². The molecule has 0 aliphatic rings. The van der Waals surface area contributed by atoms with E-state index in [2.05, 4.69) is 13.8 Å². The molecule has 0 unspecified atom stereocenters. The third-order valence-electron chi connectivity index (χ3n) is 2.07. The van der Waals surface area contributed by atoms with Crippen LogP contribution < -0.4 is 10.5 Å². The summed E-state index contributed by atoms with van der Waals surface area (Å²) in [5, 5.41) is 8.93. The van der Waals surface area contributed by atoms with Crippen LogP contribution in [0.4, 0.5) is 0 Å². The molecule has 0 aromatic heterocycles. The van der Waals surface area contributed by atoms with Crippen molar-refractivity contribution in [3.63, 3.8) is 0 Å². The van der Waals surface area contributed by atoms with Crippen LogP contribution in [0.15, 0.2) is 24.3 Å². The topological polar surface area (TPSA) is 55.5 Å². The molecule has 0 fully saturated rings. The SMILES string of the molecule is CC(C)COc1cccc([C@H](N)CO)c1. The van der Waals surface area contributed by atoms with Crippen molar-refractivity contribution in [2.24, 2.45) is 11.7 Å². The maximum atomic E-state index is 8.93. The highest BCUT2D eigenvalue weighted by molar-refractivity contribution is 5.30. The second kappa shape index (κ2) is 5.73. The largest absolute Gasteiger partial charge is 0.493 e. The predicted octanol–water partition coefficient (Wildman–Crippen LogP) is 1.71. The number of rotatable bonds is 5. The Morgan fingerprint density at radius 1 is 1.40 bits per heavy atom. The Balaban J connectivity index is 2.65. The number of benzene rings is 1. The molecule has 0 saturated carbocycles. The first kappa shape index (κ1) is 12.0. The lowest BCUT2D eigenvalue weighted by Crippen LogP contribution is -2.14. The molecule has 0 aliphatic carbocycles. The van der Waals surface area contributed by atoms with Crippen molar-refractivity contribution in [2.45, 2.75) is 19.9 Å². The van der Waals surface area contributed by atoms with Gasteiger partial charge in [0.15, 0.2) is 0 Å². The van der Waals surface area contributed by atoms with E-state index in [1.54, 1.807) is 0 Å². The summed E-state index contributed by atoms with van der Waals surface area (Å²) in [6, 6.07) is 7.23. The number of nitrogens with two attached hydrogens (primary N) is 1. The van der Waals surface area contributed by atoms with Gasteiger partial charge in [-0.1, -0.05) is 26.0 Å². The maximum absolute atomic E-state index is 8.93. The van der Waals surface area contributed by atoms with Gasteiger partial charge in [0, 0.05) is 0 Å². The first-order valence-electron chi connectivity index (χ1n) is 5.22. The molecule has 0 saturated heterocycles. The molecule has 0 spiro atoms. The normalized spacial score (nSPS) is 12.9. The minimum atomic E-state index is -0.326. The van der Waals surface area contributed by atoms with Gasteiger partial charge in [0.05, 0.1) is 19.3 Å². The van der Waals surface area contributed by atoms with Gasteiger partial charge in [-0.3, -0.25) is 0 Å². The number of ether oxygens (including phenoxy) is 1. The summed E-state index contributed by atoms with van der Waals surface area (Å²) in [6.45, 7) is 4.85. The molecule has 3 N–H and O–H groups in total. The van der Waals surface area contributed by atoms with Gasteiger partial charge in [0.1, 0.15) is 5.75 Å². The highest BCUT2D eigenvalue weighted by Crippen LogP contribution is 2.18. The Morgan fingerprint density at radius 2 is 2.13 bits per heavy atom. The highest BCUT2D eigenvalue weighted by Gasteiger charge is 2.05. The van der Waals surface area contributed by atoms with Gasteiger partial charge in [-0.2, -0.15) is 0 Å². The molecular formula is C12H19NO2. The van der Waals surface area contributed by atoms with Gasteiger partial charge in [-0.25, -0.2) is 0 Å². The summed E-state index contributed by atoms with van der Waals surface area (Å²) in [5.41, 5.74) is 6.62. The summed E-state index contributed by atoms with van der Waals surface area (Å²) in [5.74, 6) is 1.31. The van der Waals surface area contributed by atoms with Crippen molar-refractivity contribution in [2.75, 3.05) is 13.2 Å². The summed E-state index contributed by atoms with van der Waals surface area (Å²) in [6.07, 6.45) is 0. The summed E-state index contributed by atoms with van der Waals surface area (Å²) < 4.78 is 5.57. The molecule has 1 atom stereocenters. The van der Waals surface area contributed by atoms with E-state index in [0.29, 0.717) is 12.5 Å². The molecule has 0 aliphatic heterocycles. The Morgan fingerprint density at radius 3 is 2.73 bits per heavy atom. The van der Waals surface area contributed by atoms with Gasteiger partial charge >= 0.3 is 0 Å². The fourth-order valence-corrected chi connectivity index (χ4v) is 1.20. The molecule has 84 valence electrons. The molecule has 0 heterocycles. The second-order valence-corrected chi connectivity index (χ2v) is 4.07. The van der Waals surface area contributed by atoms with E-state index < -0.39 is 0 Å². The smallest absolute Gasteiger partial charge is 0.119 e. The number of aliphatic hydroxyl groups is 1. The summed E-state index contributed by atoms with van der Waals surface area (Å²) in [7, 11) is 0. The fourth-order valence-electron chi connectivity index (χ4n) is 1.20. The summed E-state index contributed by atoms with van der Waals surface area (Å²) in [4.78, 5) is 0. The van der Waals surface area contributed by atoms with Crippen molar-refractivity contribution in [1.29, 1.82) is 0 Å². The molecule has 1 rings (SSSR count). The van der Waals surface area contributed by atoms with Crippen LogP contribution in [0.1, 0.15) is 25.5 Å². The van der Waals surface area contributed by atoms with Gasteiger partial charge in [-0.15, -0.1) is 0 Å². The van der Waals surface area contributed by atoms with E-state index in [4.69, 9.17) is 15.6 Å². The Hall–Kier alpha value is -1.06.